The van der Waals surface area contributed by atoms with Gasteiger partial charge in [-0.15, -0.1) is 0 Å². The molecule has 3 aromatic rings. The van der Waals surface area contributed by atoms with Crippen LogP contribution in [0.2, 0.25) is 0 Å². The van der Waals surface area contributed by atoms with E-state index in [9.17, 15) is 40.6 Å². The van der Waals surface area contributed by atoms with E-state index in [1.54, 1.807) is 0 Å². The van der Waals surface area contributed by atoms with Gasteiger partial charge in [0.2, 0.25) is 5.88 Å². The first-order valence-corrected chi connectivity index (χ1v) is 9.28. The van der Waals surface area contributed by atoms with Crippen LogP contribution in [0.25, 0.3) is 11.3 Å². The van der Waals surface area contributed by atoms with Crippen molar-refractivity contribution < 1.29 is 49.9 Å². The number of aliphatic hydroxyl groups excluding tert-OH is 1. The lowest BCUT2D eigenvalue weighted by atomic mass is 10.1. The van der Waals surface area contributed by atoms with Crippen molar-refractivity contribution >= 4 is 5.91 Å². The zero-order valence-corrected chi connectivity index (χ0v) is 16.8. The first kappa shape index (κ1) is 25.0. The Morgan fingerprint density at radius 1 is 1.09 bits per heavy atom. The minimum atomic E-state index is -5.82. The number of carbonyl (C=O) groups is 1. The number of nitrogens with zero attached hydrogens (tertiary/aromatic N) is 2. The van der Waals surface area contributed by atoms with E-state index >= 15 is 0 Å². The molecule has 14 heteroatoms. The second kappa shape index (κ2) is 9.67. The summed E-state index contributed by atoms with van der Waals surface area (Å²) in [6.07, 6.45) is -4.93. The minimum Gasteiger partial charge on any atom is -0.473 e. The lowest BCUT2D eigenvalue weighted by Crippen LogP contribution is -2.46. The van der Waals surface area contributed by atoms with Crippen molar-refractivity contribution in [1.29, 1.82) is 0 Å². The number of halogens is 7. The van der Waals surface area contributed by atoms with Gasteiger partial charge in [-0.2, -0.15) is 22.0 Å². The molecule has 0 atom stereocenters. The van der Waals surface area contributed by atoms with Crippen LogP contribution in [0.4, 0.5) is 30.7 Å². The standard InChI is InChI=1S/C20H14F7N3O4/c21-13-3-1-10(5-14(13)22)17-12(15(7-31)34-30-17)8-33-16-4-2-11(6-28-16)18(32)29-9-19(23,24)20(25,26)27/h1-6,31H,7-9H2,(H,29,32). The molecule has 2 aromatic heterocycles. The summed E-state index contributed by atoms with van der Waals surface area (Å²) < 4.78 is 99.5. The van der Waals surface area contributed by atoms with Gasteiger partial charge in [0.15, 0.2) is 17.4 Å². The van der Waals surface area contributed by atoms with E-state index in [-0.39, 0.29) is 40.6 Å². The van der Waals surface area contributed by atoms with Gasteiger partial charge >= 0.3 is 12.1 Å². The van der Waals surface area contributed by atoms with Gasteiger partial charge in [-0.3, -0.25) is 4.79 Å². The molecule has 0 saturated heterocycles. The van der Waals surface area contributed by atoms with Gasteiger partial charge in [0.25, 0.3) is 5.91 Å². The van der Waals surface area contributed by atoms with Crippen LogP contribution in [0.3, 0.4) is 0 Å². The zero-order valence-electron chi connectivity index (χ0n) is 16.8. The molecule has 2 heterocycles. The number of nitrogens with one attached hydrogen (secondary N) is 1. The van der Waals surface area contributed by atoms with Crippen LogP contribution >= 0.6 is 0 Å². The Balaban J connectivity index is 1.68. The molecular weight excluding hydrogens is 479 g/mol. The number of carbonyl (C=O) groups excluding carboxylic acids is 1. The second-order valence-corrected chi connectivity index (χ2v) is 6.78. The first-order valence-electron chi connectivity index (χ1n) is 9.28. The summed E-state index contributed by atoms with van der Waals surface area (Å²) in [5.41, 5.74) is 0.0708. The van der Waals surface area contributed by atoms with Crippen LogP contribution in [-0.2, 0) is 13.2 Å². The van der Waals surface area contributed by atoms with Gasteiger partial charge in [0.05, 0.1) is 17.7 Å². The van der Waals surface area contributed by atoms with Gasteiger partial charge in [0, 0.05) is 17.8 Å². The van der Waals surface area contributed by atoms with E-state index in [2.05, 4.69) is 10.1 Å². The van der Waals surface area contributed by atoms with Crippen LogP contribution in [0.5, 0.6) is 5.88 Å². The molecule has 0 saturated carbocycles. The molecule has 2 N–H and O–H groups in total. The molecule has 0 fully saturated rings. The van der Waals surface area contributed by atoms with E-state index in [1.807, 2.05) is 0 Å². The lowest BCUT2D eigenvalue weighted by molar-refractivity contribution is -0.278. The van der Waals surface area contributed by atoms with Gasteiger partial charge in [-0.25, -0.2) is 13.8 Å². The second-order valence-electron chi connectivity index (χ2n) is 6.78. The molecule has 0 unspecified atom stereocenters. The fourth-order valence-corrected chi connectivity index (χ4v) is 2.63. The summed E-state index contributed by atoms with van der Waals surface area (Å²) in [6.45, 7) is -2.85. The van der Waals surface area contributed by atoms with Gasteiger partial charge < -0.3 is 19.7 Å². The minimum absolute atomic E-state index is 0.0266. The number of pyridine rings is 1. The summed E-state index contributed by atoms with van der Waals surface area (Å²) in [5.74, 6) is -8.66. The number of ether oxygens (including phenoxy) is 1. The topological polar surface area (TPSA) is 97.5 Å². The summed E-state index contributed by atoms with van der Waals surface area (Å²) in [7, 11) is 0. The van der Waals surface area contributed by atoms with E-state index in [0.717, 1.165) is 30.5 Å². The molecular formula is C20H14F7N3O4. The summed E-state index contributed by atoms with van der Waals surface area (Å²) in [6, 6.07) is 5.18. The van der Waals surface area contributed by atoms with Gasteiger partial charge in [-0.1, -0.05) is 5.16 Å². The Morgan fingerprint density at radius 3 is 2.41 bits per heavy atom. The molecule has 0 radical (unpaired) electrons. The summed E-state index contributed by atoms with van der Waals surface area (Å²) >= 11 is 0. The molecule has 182 valence electrons. The summed E-state index contributed by atoms with van der Waals surface area (Å²) in [4.78, 5) is 15.6. The molecule has 0 aliphatic carbocycles. The monoisotopic (exact) mass is 493 g/mol. The average molecular weight is 493 g/mol. The van der Waals surface area contributed by atoms with Crippen LogP contribution in [0.1, 0.15) is 21.7 Å². The predicted molar refractivity (Wildman–Crippen MR) is 99.7 cm³/mol. The number of aromatic nitrogens is 2. The van der Waals surface area contributed by atoms with Crippen molar-refractivity contribution in [2.45, 2.75) is 25.3 Å². The van der Waals surface area contributed by atoms with Gasteiger partial charge in [-0.05, 0) is 24.3 Å². The fraction of sp³-hybridized carbons (Fsp3) is 0.250. The molecule has 3 rings (SSSR count). The molecule has 0 aliphatic heterocycles. The Kier molecular flexibility index (Phi) is 7.09. The fourth-order valence-electron chi connectivity index (χ4n) is 2.63. The van der Waals surface area contributed by atoms with E-state index in [0.29, 0.717) is 0 Å². The van der Waals surface area contributed by atoms with E-state index in [4.69, 9.17) is 9.26 Å². The predicted octanol–water partition coefficient (Wildman–Crippen LogP) is 4.01. The van der Waals surface area contributed by atoms with Crippen molar-refractivity contribution in [3.8, 4) is 17.1 Å². The van der Waals surface area contributed by atoms with E-state index in [1.165, 1.54) is 11.4 Å². The third-order valence-electron chi connectivity index (χ3n) is 4.45. The Hall–Kier alpha value is -3.68. The van der Waals surface area contributed by atoms with Crippen molar-refractivity contribution in [1.82, 2.24) is 15.5 Å². The van der Waals surface area contributed by atoms with Crippen molar-refractivity contribution in [3.05, 3.63) is 65.1 Å². The Bertz CT molecular complexity index is 1160. The number of hydrogen-bond acceptors (Lipinski definition) is 6. The summed E-state index contributed by atoms with van der Waals surface area (Å²) in [5, 5.41) is 14.6. The third kappa shape index (κ3) is 5.44. The number of aliphatic hydroxyl groups is 1. The molecule has 1 aromatic carbocycles. The highest BCUT2D eigenvalue weighted by atomic mass is 19.4. The molecule has 34 heavy (non-hydrogen) atoms. The maximum Gasteiger partial charge on any atom is 0.455 e. The smallest absolute Gasteiger partial charge is 0.455 e. The number of rotatable bonds is 8. The number of amides is 1. The Labute approximate surface area is 186 Å². The maximum absolute atomic E-state index is 13.6. The highest BCUT2D eigenvalue weighted by Crippen LogP contribution is 2.34. The van der Waals surface area contributed by atoms with Crippen molar-refractivity contribution in [2.24, 2.45) is 0 Å². The quantitative estimate of drug-likeness (QED) is 0.461. The molecule has 0 aliphatic rings. The molecule has 1 amide bonds. The maximum atomic E-state index is 13.6. The zero-order chi connectivity index (χ0) is 25.1. The number of benzene rings is 1. The Morgan fingerprint density at radius 2 is 1.82 bits per heavy atom. The SMILES string of the molecule is O=C(NCC(F)(F)C(F)(F)F)c1ccc(OCc2c(-c3ccc(F)c(F)c3)noc2CO)nc1. The largest absolute Gasteiger partial charge is 0.473 e. The van der Waals surface area contributed by atoms with Gasteiger partial charge in [0.1, 0.15) is 18.9 Å². The van der Waals surface area contributed by atoms with Crippen LogP contribution in [0.15, 0.2) is 41.1 Å². The van der Waals surface area contributed by atoms with Crippen LogP contribution < -0.4 is 10.1 Å². The normalized spacial score (nSPS) is 12.0. The van der Waals surface area contributed by atoms with Crippen molar-refractivity contribution in [3.63, 3.8) is 0 Å². The number of alkyl halides is 5. The average Bonchev–Trinajstić information content (AvgIpc) is 3.20. The van der Waals surface area contributed by atoms with E-state index < -0.39 is 42.8 Å². The molecule has 7 nitrogen and oxygen atoms in total. The number of hydrogen-bond donors (Lipinski definition) is 2. The van der Waals surface area contributed by atoms with Crippen LogP contribution in [-0.4, -0.2) is 39.8 Å². The first-order chi connectivity index (χ1) is 15.9. The van der Waals surface area contributed by atoms with Crippen LogP contribution in [0, 0.1) is 11.6 Å². The molecule has 0 spiro atoms. The third-order valence-corrected chi connectivity index (χ3v) is 4.45. The lowest BCUT2D eigenvalue weighted by Gasteiger charge is -2.19. The highest BCUT2D eigenvalue weighted by molar-refractivity contribution is 5.93. The highest BCUT2D eigenvalue weighted by Gasteiger charge is 2.57. The molecule has 0 bridgehead atoms. The van der Waals surface area contributed by atoms with Crippen molar-refractivity contribution in [2.75, 3.05) is 6.54 Å².